The third-order valence-electron chi connectivity index (χ3n) is 0.699. The van der Waals surface area contributed by atoms with Gasteiger partial charge in [0.2, 0.25) is 0 Å². The van der Waals surface area contributed by atoms with Crippen molar-refractivity contribution in [3.63, 3.8) is 0 Å². The molecule has 0 aliphatic heterocycles. The minimum atomic E-state index is 1.07. The topological polar surface area (TPSA) is 0 Å². The van der Waals surface area contributed by atoms with Gasteiger partial charge in [-0.25, -0.2) is 0 Å². The van der Waals surface area contributed by atoms with Crippen molar-refractivity contribution in [1.82, 2.24) is 0 Å². The van der Waals surface area contributed by atoms with E-state index < -0.39 is 0 Å². The Labute approximate surface area is 83.4 Å². The molecule has 0 fully saturated rings. The lowest BCUT2D eigenvalue weighted by Gasteiger charge is -1.90. The van der Waals surface area contributed by atoms with E-state index in [1.54, 1.807) is 11.8 Å². The second kappa shape index (κ2) is 6.50. The number of halogens is 2. The highest BCUT2D eigenvalue weighted by molar-refractivity contribution is 9.14. The van der Waals surface area contributed by atoms with E-state index in [0.29, 0.717) is 0 Å². The summed E-state index contributed by atoms with van der Waals surface area (Å²) in [5.41, 5.74) is 0. The lowest BCUT2D eigenvalue weighted by Crippen LogP contribution is -1.59. The summed E-state index contributed by atoms with van der Waals surface area (Å²) in [7, 11) is 0. The maximum atomic E-state index is 3.43. The van der Waals surface area contributed by atoms with Gasteiger partial charge in [0, 0.05) is 0 Å². The van der Waals surface area contributed by atoms with Crippen LogP contribution in [0.1, 0.15) is 20.3 Å². The van der Waals surface area contributed by atoms with E-state index in [2.05, 4.69) is 50.3 Å². The summed E-state index contributed by atoms with van der Waals surface area (Å²) in [5.74, 6) is 0. The summed E-state index contributed by atoms with van der Waals surface area (Å²) < 4.78 is 2.33. The normalized spacial score (nSPS) is 14.0. The first-order valence-corrected chi connectivity index (χ1v) is 5.48. The Bertz CT molecular complexity index is 146. The van der Waals surface area contributed by atoms with E-state index >= 15 is 0 Å². The summed E-state index contributed by atoms with van der Waals surface area (Å²) in [6.07, 6.45) is 3.21. The van der Waals surface area contributed by atoms with Crippen LogP contribution >= 0.6 is 43.6 Å². The van der Waals surface area contributed by atoms with Crippen molar-refractivity contribution >= 4 is 43.6 Å². The molecule has 0 aliphatic rings. The first kappa shape index (κ1) is 10.8. The predicted molar refractivity (Wildman–Crippen MR) is 57.6 cm³/mol. The van der Waals surface area contributed by atoms with Crippen LogP contribution in [0.25, 0.3) is 0 Å². The predicted octanol–water partition coefficient (Wildman–Crippen LogP) is 4.62. The van der Waals surface area contributed by atoms with E-state index in [0.717, 1.165) is 10.9 Å². The number of hydrogen-bond donors (Lipinski definition) is 0. The van der Waals surface area contributed by atoms with Crippen LogP contribution in [0.4, 0.5) is 0 Å². The third kappa shape index (κ3) is 6.90. The van der Waals surface area contributed by atoms with E-state index in [9.17, 15) is 0 Å². The summed E-state index contributed by atoms with van der Waals surface area (Å²) >= 11 is 8.45. The van der Waals surface area contributed by atoms with Crippen molar-refractivity contribution in [2.24, 2.45) is 0 Å². The molecule has 0 aromatic carbocycles. The van der Waals surface area contributed by atoms with Gasteiger partial charge in [0.25, 0.3) is 0 Å². The zero-order valence-electron chi connectivity index (χ0n) is 6.03. The van der Waals surface area contributed by atoms with Crippen LogP contribution in [0.5, 0.6) is 0 Å². The molecule has 0 aromatic heterocycles. The van der Waals surface area contributed by atoms with Crippen molar-refractivity contribution in [2.75, 3.05) is 0 Å². The number of thioether (sulfide) groups is 1. The molecule has 0 radical (unpaired) electrons. The lowest BCUT2D eigenvalue weighted by atomic mass is 10.5. The number of hydrogen-bond acceptors (Lipinski definition) is 1. The zero-order valence-corrected chi connectivity index (χ0v) is 10.0. The molecule has 0 atom stereocenters. The van der Waals surface area contributed by atoms with Gasteiger partial charge in [0.1, 0.15) is 0 Å². The van der Waals surface area contributed by atoms with Crippen LogP contribution in [0.2, 0.25) is 0 Å². The molecule has 0 aliphatic carbocycles. The summed E-state index contributed by atoms with van der Waals surface area (Å²) in [6.45, 7) is 4.13. The van der Waals surface area contributed by atoms with Gasteiger partial charge in [-0.05, 0) is 39.2 Å². The Morgan fingerprint density at radius 3 is 2.50 bits per heavy atom. The molecule has 58 valence electrons. The highest BCUT2D eigenvalue weighted by Gasteiger charge is 1.87. The van der Waals surface area contributed by atoms with Crippen LogP contribution in [-0.2, 0) is 0 Å². The molecule has 0 amide bonds. The monoisotopic (exact) mass is 284 g/mol. The van der Waals surface area contributed by atoms with Gasteiger partial charge >= 0.3 is 0 Å². The molecule has 3 heteroatoms. The molecule has 0 rings (SSSR count). The standard InChI is InChI=1S/C7H10Br2S/c1-3-4-7(9)10-5-6(2)8/h4-5H,3H2,1-2H3/b6-5+,7-4+. The Morgan fingerprint density at radius 1 is 1.50 bits per heavy atom. The first-order valence-electron chi connectivity index (χ1n) is 3.01. The summed E-state index contributed by atoms with van der Waals surface area (Å²) in [5, 5.41) is 2.05. The van der Waals surface area contributed by atoms with Crippen molar-refractivity contribution in [1.29, 1.82) is 0 Å². The molecule has 0 spiro atoms. The Hall–Kier alpha value is 0.790. The lowest BCUT2D eigenvalue weighted by molar-refractivity contribution is 1.23. The SMILES string of the molecule is CC/C=C(\Br)S/C=C(\C)Br. The fourth-order valence-corrected chi connectivity index (χ4v) is 1.77. The van der Waals surface area contributed by atoms with Crippen LogP contribution in [-0.4, -0.2) is 0 Å². The van der Waals surface area contributed by atoms with Gasteiger partial charge in [-0.1, -0.05) is 40.7 Å². The first-order chi connectivity index (χ1) is 4.66. The molecule has 0 saturated carbocycles. The Balaban J connectivity index is 3.69. The van der Waals surface area contributed by atoms with Crippen molar-refractivity contribution in [3.8, 4) is 0 Å². The quantitative estimate of drug-likeness (QED) is 0.729. The highest BCUT2D eigenvalue weighted by atomic mass is 79.9. The van der Waals surface area contributed by atoms with Gasteiger partial charge in [-0.15, -0.1) is 0 Å². The van der Waals surface area contributed by atoms with Crippen molar-refractivity contribution in [3.05, 3.63) is 19.8 Å². The third-order valence-corrected chi connectivity index (χ3v) is 2.98. The fourth-order valence-electron chi connectivity index (χ4n) is 0.346. The summed E-state index contributed by atoms with van der Waals surface area (Å²) in [4.78, 5) is 0. The molecule has 0 saturated heterocycles. The van der Waals surface area contributed by atoms with E-state index in [1.165, 1.54) is 3.81 Å². The molecule has 0 nitrogen and oxygen atoms in total. The smallest absolute Gasteiger partial charge is 0.0505 e. The van der Waals surface area contributed by atoms with Crippen molar-refractivity contribution < 1.29 is 0 Å². The molecule has 0 bridgehead atoms. The average Bonchev–Trinajstić information content (AvgIpc) is 1.85. The molecular weight excluding hydrogens is 276 g/mol. The van der Waals surface area contributed by atoms with Crippen LogP contribution in [0, 0.1) is 0 Å². The molecule has 0 heterocycles. The summed E-state index contributed by atoms with van der Waals surface area (Å²) in [6, 6.07) is 0. The van der Waals surface area contributed by atoms with E-state index in [4.69, 9.17) is 0 Å². The highest BCUT2D eigenvalue weighted by Crippen LogP contribution is 2.26. The van der Waals surface area contributed by atoms with Gasteiger partial charge < -0.3 is 0 Å². The fraction of sp³-hybridized carbons (Fsp3) is 0.429. The van der Waals surface area contributed by atoms with Crippen molar-refractivity contribution in [2.45, 2.75) is 20.3 Å². The Kier molecular flexibility index (Phi) is 7.01. The minimum absolute atomic E-state index is 1.07. The average molecular weight is 286 g/mol. The molecule has 0 N–H and O–H groups in total. The second-order valence-corrected chi connectivity index (χ2v) is 5.28. The van der Waals surface area contributed by atoms with E-state index in [-0.39, 0.29) is 0 Å². The van der Waals surface area contributed by atoms with Crippen LogP contribution < -0.4 is 0 Å². The second-order valence-electron chi connectivity index (χ2n) is 1.74. The largest absolute Gasteiger partial charge is 0.0900 e. The van der Waals surface area contributed by atoms with Gasteiger partial charge in [0.15, 0.2) is 0 Å². The van der Waals surface area contributed by atoms with Gasteiger partial charge in [0.05, 0.1) is 3.81 Å². The molecule has 0 aromatic rings. The van der Waals surface area contributed by atoms with E-state index in [1.807, 2.05) is 6.92 Å². The molecular formula is C7H10Br2S. The maximum Gasteiger partial charge on any atom is 0.0505 e. The number of allylic oxidation sites excluding steroid dienone is 2. The Morgan fingerprint density at radius 2 is 2.10 bits per heavy atom. The number of rotatable bonds is 3. The van der Waals surface area contributed by atoms with Crippen LogP contribution in [0.15, 0.2) is 19.8 Å². The molecule has 0 unspecified atom stereocenters. The minimum Gasteiger partial charge on any atom is -0.0900 e. The van der Waals surface area contributed by atoms with Crippen LogP contribution in [0.3, 0.4) is 0 Å². The maximum absolute atomic E-state index is 3.43. The van der Waals surface area contributed by atoms with Gasteiger partial charge in [-0.2, -0.15) is 0 Å². The molecule has 10 heavy (non-hydrogen) atoms. The van der Waals surface area contributed by atoms with Gasteiger partial charge in [-0.3, -0.25) is 0 Å². The zero-order chi connectivity index (χ0) is 7.98.